The van der Waals surface area contributed by atoms with E-state index in [0.717, 1.165) is 4.90 Å². The highest BCUT2D eigenvalue weighted by Crippen LogP contribution is 2.41. The number of barbiturate groups is 1. The van der Waals surface area contributed by atoms with E-state index in [9.17, 15) is 14.4 Å². The number of carbonyl (C=O) groups is 3. The van der Waals surface area contributed by atoms with Gasteiger partial charge >= 0.3 is 6.03 Å². The summed E-state index contributed by atoms with van der Waals surface area (Å²) in [5.74, 6) is -0.411. The lowest BCUT2D eigenvalue weighted by molar-refractivity contribution is -0.122. The zero-order valence-corrected chi connectivity index (χ0v) is 19.2. The molecule has 2 aromatic rings. The van der Waals surface area contributed by atoms with E-state index in [2.05, 4.69) is 5.32 Å². The number of imide groups is 2. The molecule has 1 aliphatic rings. The van der Waals surface area contributed by atoms with Crippen molar-refractivity contribution in [1.29, 1.82) is 0 Å². The number of hydrogen-bond donors (Lipinski definition) is 1. The Bertz CT molecular complexity index is 1140. The van der Waals surface area contributed by atoms with Gasteiger partial charge in [0.15, 0.2) is 11.5 Å². The molecular weight excluding hydrogens is 456 g/mol. The highest BCUT2D eigenvalue weighted by atomic mass is 35.5. The second-order valence-electron chi connectivity index (χ2n) is 6.58. The van der Waals surface area contributed by atoms with Gasteiger partial charge < -0.3 is 23.7 Å². The number of carbonyl (C=O) groups excluding carboxylic acids is 3. The molecule has 0 spiro atoms. The lowest BCUT2D eigenvalue weighted by Gasteiger charge is -2.28. The van der Waals surface area contributed by atoms with Gasteiger partial charge in [-0.2, -0.15) is 0 Å². The second kappa shape index (κ2) is 9.70. The summed E-state index contributed by atoms with van der Waals surface area (Å²) in [6.45, 7) is 0. The molecule has 0 atom stereocenters. The Morgan fingerprint density at radius 1 is 0.788 bits per heavy atom. The molecule has 33 heavy (non-hydrogen) atoms. The molecule has 1 fully saturated rings. The van der Waals surface area contributed by atoms with Crippen molar-refractivity contribution in [2.24, 2.45) is 0 Å². The molecule has 2 aromatic carbocycles. The Kier molecular flexibility index (Phi) is 6.98. The number of anilines is 1. The maximum absolute atomic E-state index is 13.3. The SMILES string of the molecule is COc1cc(N2C(=O)NC(=O)/C(=C\c3cc(OC)c(OC)c(OC)c3)C2=O)c(OC)cc1Cl. The van der Waals surface area contributed by atoms with E-state index in [4.69, 9.17) is 35.3 Å². The van der Waals surface area contributed by atoms with Gasteiger partial charge in [-0.25, -0.2) is 9.69 Å². The molecule has 4 amide bonds. The van der Waals surface area contributed by atoms with Gasteiger partial charge in [-0.3, -0.25) is 14.9 Å². The molecule has 0 unspecified atom stereocenters. The van der Waals surface area contributed by atoms with Crippen molar-refractivity contribution in [1.82, 2.24) is 5.32 Å². The number of halogens is 1. The second-order valence-corrected chi connectivity index (χ2v) is 6.98. The Balaban J connectivity index is 2.13. The molecule has 174 valence electrons. The van der Waals surface area contributed by atoms with Gasteiger partial charge in [-0.15, -0.1) is 0 Å². The molecule has 0 bridgehead atoms. The number of ether oxygens (including phenoxy) is 5. The van der Waals surface area contributed by atoms with E-state index >= 15 is 0 Å². The van der Waals surface area contributed by atoms with Crippen molar-refractivity contribution >= 4 is 41.2 Å². The van der Waals surface area contributed by atoms with Crippen molar-refractivity contribution < 1.29 is 38.1 Å². The van der Waals surface area contributed by atoms with Gasteiger partial charge in [0.05, 0.1) is 46.3 Å². The summed E-state index contributed by atoms with van der Waals surface area (Å²) in [4.78, 5) is 39.2. The standard InChI is InChI=1S/C22H21ClN2O8/c1-29-15-10-14(16(30-2)9-13(15)23)25-21(27)12(20(26)24-22(25)28)6-11-7-17(31-3)19(33-5)18(8-11)32-4/h6-10H,1-5H3,(H,24,26,28)/b12-6+. The van der Waals surface area contributed by atoms with E-state index in [1.165, 1.54) is 53.8 Å². The van der Waals surface area contributed by atoms with Crippen molar-refractivity contribution in [3.8, 4) is 28.7 Å². The summed E-state index contributed by atoms with van der Waals surface area (Å²) in [6, 6.07) is 4.93. The Morgan fingerprint density at radius 2 is 1.36 bits per heavy atom. The zero-order valence-electron chi connectivity index (χ0n) is 18.5. The van der Waals surface area contributed by atoms with Crippen molar-refractivity contribution in [2.45, 2.75) is 0 Å². The summed E-state index contributed by atoms with van der Waals surface area (Å²) in [5.41, 5.74) is 0.141. The molecule has 0 aliphatic carbocycles. The maximum atomic E-state index is 13.3. The molecule has 3 rings (SSSR count). The number of nitrogens with zero attached hydrogens (tertiary/aromatic N) is 1. The number of benzene rings is 2. The fourth-order valence-electron chi connectivity index (χ4n) is 3.25. The first-order chi connectivity index (χ1) is 15.8. The number of nitrogens with one attached hydrogen (secondary N) is 1. The van der Waals surface area contributed by atoms with Crippen LogP contribution < -0.4 is 33.9 Å². The molecule has 1 heterocycles. The van der Waals surface area contributed by atoms with Crippen molar-refractivity contribution in [3.05, 3.63) is 40.4 Å². The van der Waals surface area contributed by atoms with E-state index < -0.39 is 17.8 Å². The van der Waals surface area contributed by atoms with Crippen LogP contribution in [0.3, 0.4) is 0 Å². The lowest BCUT2D eigenvalue weighted by atomic mass is 10.1. The maximum Gasteiger partial charge on any atom is 0.336 e. The summed E-state index contributed by atoms with van der Waals surface area (Å²) in [6.07, 6.45) is 1.31. The minimum Gasteiger partial charge on any atom is -0.495 e. The van der Waals surface area contributed by atoms with Gasteiger partial charge in [-0.05, 0) is 23.8 Å². The Morgan fingerprint density at radius 3 is 1.88 bits per heavy atom. The van der Waals surface area contributed by atoms with Crippen LogP contribution >= 0.6 is 11.6 Å². The largest absolute Gasteiger partial charge is 0.495 e. The monoisotopic (exact) mass is 476 g/mol. The topological polar surface area (TPSA) is 113 Å². The number of methoxy groups -OCH3 is 5. The Hall–Kier alpha value is -3.92. The predicted octanol–water partition coefficient (Wildman–Crippen LogP) is 3.05. The first kappa shape index (κ1) is 23.7. The van der Waals surface area contributed by atoms with Crippen LogP contribution in [0.2, 0.25) is 5.02 Å². The summed E-state index contributed by atoms with van der Waals surface area (Å²) in [5, 5.41) is 2.37. The normalized spacial score (nSPS) is 14.8. The first-order valence-corrected chi connectivity index (χ1v) is 9.80. The Labute approximate surface area is 194 Å². The van der Waals surface area contributed by atoms with E-state index in [-0.39, 0.29) is 27.8 Å². The summed E-state index contributed by atoms with van der Waals surface area (Å²) in [7, 11) is 7.06. The number of hydrogen-bond acceptors (Lipinski definition) is 8. The molecule has 1 N–H and O–H groups in total. The third kappa shape index (κ3) is 4.37. The molecular formula is C22H21ClN2O8. The number of rotatable bonds is 7. The molecule has 0 saturated carbocycles. The molecule has 0 radical (unpaired) electrons. The molecule has 1 saturated heterocycles. The minimum absolute atomic E-state index is 0.0459. The van der Waals surface area contributed by atoms with Crippen LogP contribution in [0.5, 0.6) is 28.7 Å². The molecule has 1 aliphatic heterocycles. The lowest BCUT2D eigenvalue weighted by Crippen LogP contribution is -2.54. The quantitative estimate of drug-likeness (QED) is 0.479. The third-order valence-electron chi connectivity index (χ3n) is 4.79. The molecule has 10 nitrogen and oxygen atoms in total. The van der Waals surface area contributed by atoms with Crippen LogP contribution in [-0.2, 0) is 9.59 Å². The van der Waals surface area contributed by atoms with Crippen molar-refractivity contribution in [3.63, 3.8) is 0 Å². The third-order valence-corrected chi connectivity index (χ3v) is 5.09. The van der Waals surface area contributed by atoms with Crippen LogP contribution in [-0.4, -0.2) is 53.4 Å². The van der Waals surface area contributed by atoms with Gasteiger partial charge in [-0.1, -0.05) is 11.6 Å². The zero-order chi connectivity index (χ0) is 24.3. The van der Waals surface area contributed by atoms with E-state index in [1.807, 2.05) is 0 Å². The van der Waals surface area contributed by atoms with Crippen LogP contribution in [0.4, 0.5) is 10.5 Å². The average Bonchev–Trinajstić information content (AvgIpc) is 2.81. The smallest absolute Gasteiger partial charge is 0.336 e. The van der Waals surface area contributed by atoms with Crippen LogP contribution in [0, 0.1) is 0 Å². The van der Waals surface area contributed by atoms with Crippen LogP contribution in [0.15, 0.2) is 29.8 Å². The van der Waals surface area contributed by atoms with E-state index in [0.29, 0.717) is 22.8 Å². The fraction of sp³-hybridized carbons (Fsp3) is 0.227. The summed E-state index contributed by atoms with van der Waals surface area (Å²) >= 11 is 6.12. The van der Waals surface area contributed by atoms with Gasteiger partial charge in [0.1, 0.15) is 17.1 Å². The number of urea groups is 1. The van der Waals surface area contributed by atoms with Gasteiger partial charge in [0.2, 0.25) is 5.75 Å². The van der Waals surface area contributed by atoms with Crippen LogP contribution in [0.25, 0.3) is 6.08 Å². The first-order valence-electron chi connectivity index (χ1n) is 9.42. The van der Waals surface area contributed by atoms with Crippen LogP contribution in [0.1, 0.15) is 5.56 Å². The average molecular weight is 477 g/mol. The molecule has 11 heteroatoms. The highest BCUT2D eigenvalue weighted by Gasteiger charge is 2.38. The number of amides is 4. The van der Waals surface area contributed by atoms with Crippen molar-refractivity contribution in [2.75, 3.05) is 40.4 Å². The fourth-order valence-corrected chi connectivity index (χ4v) is 3.48. The summed E-state index contributed by atoms with van der Waals surface area (Å²) < 4.78 is 26.4. The highest BCUT2D eigenvalue weighted by molar-refractivity contribution is 6.39. The predicted molar refractivity (Wildman–Crippen MR) is 120 cm³/mol. The molecule has 0 aromatic heterocycles. The van der Waals surface area contributed by atoms with Gasteiger partial charge in [0.25, 0.3) is 11.8 Å². The van der Waals surface area contributed by atoms with Gasteiger partial charge in [0, 0.05) is 12.1 Å². The van der Waals surface area contributed by atoms with E-state index in [1.54, 1.807) is 12.1 Å². The minimum atomic E-state index is -0.949.